The minimum atomic E-state index is -0.0656. The summed E-state index contributed by atoms with van der Waals surface area (Å²) in [4.78, 5) is 15.1. The van der Waals surface area contributed by atoms with Gasteiger partial charge in [0.25, 0.3) is 0 Å². The van der Waals surface area contributed by atoms with Gasteiger partial charge < -0.3 is 10.2 Å². The van der Waals surface area contributed by atoms with E-state index in [0.717, 1.165) is 25.1 Å². The van der Waals surface area contributed by atoms with Crippen LogP contribution in [0.5, 0.6) is 0 Å². The molecule has 0 radical (unpaired) electrons. The maximum atomic E-state index is 11.7. The molecule has 102 valence electrons. The predicted octanol–water partition coefficient (Wildman–Crippen LogP) is 2.57. The van der Waals surface area contributed by atoms with Gasteiger partial charge in [-0.15, -0.1) is 22.9 Å². The van der Waals surface area contributed by atoms with Gasteiger partial charge in [0.15, 0.2) is 0 Å². The van der Waals surface area contributed by atoms with Gasteiger partial charge in [-0.1, -0.05) is 0 Å². The molecule has 0 spiro atoms. The van der Waals surface area contributed by atoms with E-state index < -0.39 is 0 Å². The van der Waals surface area contributed by atoms with Crippen LogP contribution in [0.2, 0.25) is 0 Å². The molecule has 0 fully saturated rings. The molecule has 6 heteroatoms. The number of nitriles is 1. The lowest BCUT2D eigenvalue weighted by Gasteiger charge is -2.21. The SMILES string of the molecule is CN1CCc2c(sc(NC(=O)CCCCl)c2C#N)C1. The first kappa shape index (κ1) is 14.3. The zero-order chi connectivity index (χ0) is 13.8. The molecule has 4 nitrogen and oxygen atoms in total. The summed E-state index contributed by atoms with van der Waals surface area (Å²) in [6.45, 7) is 1.81. The Kier molecular flexibility index (Phi) is 4.81. The van der Waals surface area contributed by atoms with Gasteiger partial charge in [0.2, 0.25) is 5.91 Å². The maximum absolute atomic E-state index is 11.7. The van der Waals surface area contributed by atoms with Crippen molar-refractivity contribution in [1.29, 1.82) is 5.26 Å². The fourth-order valence-electron chi connectivity index (χ4n) is 2.15. The Morgan fingerprint density at radius 1 is 1.63 bits per heavy atom. The molecule has 0 bridgehead atoms. The highest BCUT2D eigenvalue weighted by Crippen LogP contribution is 2.36. The first-order valence-corrected chi connectivity index (χ1v) is 7.59. The van der Waals surface area contributed by atoms with Crippen molar-refractivity contribution in [2.24, 2.45) is 0 Å². The number of hydrogen-bond acceptors (Lipinski definition) is 4. The monoisotopic (exact) mass is 297 g/mol. The van der Waals surface area contributed by atoms with Gasteiger partial charge in [0.1, 0.15) is 11.1 Å². The van der Waals surface area contributed by atoms with Gasteiger partial charge in [-0.3, -0.25) is 4.79 Å². The van der Waals surface area contributed by atoms with Crippen LogP contribution in [0.4, 0.5) is 5.00 Å². The summed E-state index contributed by atoms with van der Waals surface area (Å²) in [5.74, 6) is 0.411. The molecule has 19 heavy (non-hydrogen) atoms. The molecule has 0 unspecified atom stereocenters. The normalized spacial score (nSPS) is 14.8. The Bertz CT molecular complexity index is 521. The number of nitrogens with one attached hydrogen (secondary N) is 1. The number of fused-ring (bicyclic) bond motifs is 1. The number of halogens is 1. The summed E-state index contributed by atoms with van der Waals surface area (Å²) in [5.41, 5.74) is 1.76. The smallest absolute Gasteiger partial charge is 0.225 e. The number of rotatable bonds is 4. The zero-order valence-electron chi connectivity index (χ0n) is 10.8. The van der Waals surface area contributed by atoms with E-state index in [9.17, 15) is 10.1 Å². The lowest BCUT2D eigenvalue weighted by atomic mass is 10.0. The Morgan fingerprint density at radius 2 is 2.42 bits per heavy atom. The summed E-state index contributed by atoms with van der Waals surface area (Å²) in [6.07, 6.45) is 1.93. The molecule has 0 saturated carbocycles. The van der Waals surface area contributed by atoms with E-state index in [1.807, 2.05) is 0 Å². The van der Waals surface area contributed by atoms with Crippen LogP contribution in [0.3, 0.4) is 0 Å². The van der Waals surface area contributed by atoms with Crippen molar-refractivity contribution >= 4 is 33.8 Å². The van der Waals surface area contributed by atoms with Gasteiger partial charge in [-0.05, 0) is 25.5 Å². The fraction of sp³-hybridized carbons (Fsp3) is 0.538. The van der Waals surface area contributed by atoms with Crippen LogP contribution in [-0.2, 0) is 17.8 Å². The first-order chi connectivity index (χ1) is 9.15. The molecule has 0 atom stereocenters. The van der Waals surface area contributed by atoms with E-state index in [0.29, 0.717) is 29.3 Å². The highest BCUT2D eigenvalue weighted by atomic mass is 35.5. The van der Waals surface area contributed by atoms with Crippen LogP contribution in [0.15, 0.2) is 0 Å². The number of nitrogens with zero attached hydrogens (tertiary/aromatic N) is 2. The van der Waals surface area contributed by atoms with Crippen molar-refractivity contribution in [2.45, 2.75) is 25.8 Å². The summed E-state index contributed by atoms with van der Waals surface area (Å²) in [6, 6.07) is 2.23. The van der Waals surface area contributed by atoms with Gasteiger partial charge in [0.05, 0.1) is 5.56 Å². The lowest BCUT2D eigenvalue weighted by Crippen LogP contribution is -2.25. The number of hydrogen-bond donors (Lipinski definition) is 1. The van der Waals surface area contributed by atoms with Gasteiger partial charge in [0, 0.05) is 30.3 Å². The minimum Gasteiger partial charge on any atom is -0.317 e. The number of carbonyl (C=O) groups is 1. The van der Waals surface area contributed by atoms with Crippen LogP contribution in [0.1, 0.15) is 28.8 Å². The standard InChI is InChI=1S/C13H16ClN3OS/c1-17-6-4-9-10(7-15)13(19-11(9)8-17)16-12(18)3-2-5-14/h2-6,8H2,1H3,(H,16,18). The summed E-state index contributed by atoms with van der Waals surface area (Å²) < 4.78 is 0. The van der Waals surface area contributed by atoms with Crippen molar-refractivity contribution in [1.82, 2.24) is 4.90 Å². The highest BCUT2D eigenvalue weighted by molar-refractivity contribution is 7.16. The lowest BCUT2D eigenvalue weighted by molar-refractivity contribution is -0.116. The van der Waals surface area contributed by atoms with Crippen molar-refractivity contribution in [3.63, 3.8) is 0 Å². The third-order valence-electron chi connectivity index (χ3n) is 3.15. The van der Waals surface area contributed by atoms with E-state index in [2.05, 4.69) is 23.3 Å². The van der Waals surface area contributed by atoms with E-state index in [-0.39, 0.29) is 5.91 Å². The van der Waals surface area contributed by atoms with Crippen LogP contribution in [0.25, 0.3) is 0 Å². The molecule has 1 aromatic rings. The van der Waals surface area contributed by atoms with Crippen molar-refractivity contribution in [3.05, 3.63) is 16.0 Å². The van der Waals surface area contributed by atoms with Gasteiger partial charge >= 0.3 is 0 Å². The topological polar surface area (TPSA) is 56.1 Å². The number of thiophene rings is 1. The third-order valence-corrected chi connectivity index (χ3v) is 4.55. The second-order valence-electron chi connectivity index (χ2n) is 4.65. The minimum absolute atomic E-state index is 0.0656. The van der Waals surface area contributed by atoms with Crippen molar-refractivity contribution in [3.8, 4) is 6.07 Å². The molecule has 1 N–H and O–H groups in total. The average molecular weight is 298 g/mol. The summed E-state index contributed by atoms with van der Waals surface area (Å²) >= 11 is 7.09. The molecule has 2 rings (SSSR count). The molecule has 0 aromatic carbocycles. The van der Waals surface area contributed by atoms with Crippen molar-refractivity contribution in [2.75, 3.05) is 24.8 Å². The Balaban J connectivity index is 2.17. The zero-order valence-corrected chi connectivity index (χ0v) is 12.4. The summed E-state index contributed by atoms with van der Waals surface area (Å²) in [5, 5.41) is 12.8. The van der Waals surface area contributed by atoms with E-state index in [1.54, 1.807) is 0 Å². The maximum Gasteiger partial charge on any atom is 0.225 e. The Morgan fingerprint density at radius 3 is 3.11 bits per heavy atom. The highest BCUT2D eigenvalue weighted by Gasteiger charge is 2.23. The van der Waals surface area contributed by atoms with Crippen LogP contribution >= 0.6 is 22.9 Å². The van der Waals surface area contributed by atoms with Crippen LogP contribution in [-0.4, -0.2) is 30.3 Å². The van der Waals surface area contributed by atoms with Gasteiger partial charge in [-0.2, -0.15) is 5.26 Å². The quantitative estimate of drug-likeness (QED) is 0.869. The fourth-order valence-corrected chi connectivity index (χ4v) is 3.58. The molecule has 2 heterocycles. The molecule has 1 aliphatic rings. The number of likely N-dealkylation sites (N-methyl/N-ethyl adjacent to an activating group) is 1. The predicted molar refractivity (Wildman–Crippen MR) is 77.7 cm³/mol. The second-order valence-corrected chi connectivity index (χ2v) is 6.13. The second kappa shape index (κ2) is 6.38. The number of anilines is 1. The Labute approximate surface area is 122 Å². The number of alkyl halides is 1. The molecule has 1 aromatic heterocycles. The molecule has 1 amide bonds. The first-order valence-electron chi connectivity index (χ1n) is 6.24. The van der Waals surface area contributed by atoms with Gasteiger partial charge in [-0.25, -0.2) is 0 Å². The number of carbonyl (C=O) groups excluding carboxylic acids is 1. The largest absolute Gasteiger partial charge is 0.317 e. The van der Waals surface area contributed by atoms with E-state index in [4.69, 9.17) is 11.6 Å². The average Bonchev–Trinajstić information content (AvgIpc) is 2.72. The summed E-state index contributed by atoms with van der Waals surface area (Å²) in [7, 11) is 2.06. The molecule has 0 saturated heterocycles. The molecular weight excluding hydrogens is 282 g/mol. The molecule has 1 aliphatic heterocycles. The van der Waals surface area contributed by atoms with Crippen LogP contribution < -0.4 is 5.32 Å². The van der Waals surface area contributed by atoms with E-state index in [1.165, 1.54) is 16.2 Å². The Hall–Kier alpha value is -1.09. The third kappa shape index (κ3) is 3.27. The van der Waals surface area contributed by atoms with Crippen molar-refractivity contribution < 1.29 is 4.79 Å². The number of amides is 1. The molecule has 0 aliphatic carbocycles. The van der Waals surface area contributed by atoms with E-state index >= 15 is 0 Å². The van der Waals surface area contributed by atoms with Crippen LogP contribution in [0, 0.1) is 11.3 Å². The molecular formula is C13H16ClN3OS.